The van der Waals surface area contributed by atoms with E-state index in [1.54, 1.807) is 0 Å². The molecule has 0 aromatic rings. The highest BCUT2D eigenvalue weighted by atomic mass is 32.2. The molecule has 12 heteroatoms. The summed E-state index contributed by atoms with van der Waals surface area (Å²) in [5.41, 5.74) is 0. The molecule has 26 heavy (non-hydrogen) atoms. The van der Waals surface area contributed by atoms with Gasteiger partial charge in [0.2, 0.25) is 0 Å². The van der Waals surface area contributed by atoms with Gasteiger partial charge < -0.3 is 15.5 Å². The number of imide groups is 1. The summed E-state index contributed by atoms with van der Waals surface area (Å²) in [6.45, 7) is 1.89. The monoisotopic (exact) mass is 391 g/mol. The molecule has 0 radical (unpaired) electrons. The third-order valence-electron chi connectivity index (χ3n) is 4.29. The van der Waals surface area contributed by atoms with Gasteiger partial charge in [0, 0.05) is 12.5 Å². The summed E-state index contributed by atoms with van der Waals surface area (Å²) in [7, 11) is -4.73. The number of nitrogens with zero attached hydrogens (tertiary/aromatic N) is 1. The van der Waals surface area contributed by atoms with E-state index >= 15 is 0 Å². The van der Waals surface area contributed by atoms with Crippen LogP contribution >= 0.6 is 0 Å². The van der Waals surface area contributed by atoms with Gasteiger partial charge in [-0.25, -0.2) is 9.59 Å². The van der Waals surface area contributed by atoms with Gasteiger partial charge in [0.15, 0.2) is 5.25 Å². The van der Waals surface area contributed by atoms with Crippen molar-refractivity contribution in [2.75, 3.05) is 0 Å². The third-order valence-corrected chi connectivity index (χ3v) is 5.38. The Morgan fingerprint density at radius 2 is 1.92 bits per heavy atom. The molecule has 1 unspecified atom stereocenters. The van der Waals surface area contributed by atoms with Crippen molar-refractivity contribution in [3.05, 3.63) is 0 Å². The molecule has 0 saturated carbocycles. The summed E-state index contributed by atoms with van der Waals surface area (Å²) in [6.07, 6.45) is 1.80. The first-order chi connectivity index (χ1) is 12.1. The zero-order chi connectivity index (χ0) is 19.5. The van der Waals surface area contributed by atoms with Crippen molar-refractivity contribution in [2.24, 2.45) is 0 Å². The molecule has 0 aromatic heterocycles. The van der Waals surface area contributed by atoms with Crippen molar-refractivity contribution < 1.29 is 37.0 Å². The highest BCUT2D eigenvalue weighted by molar-refractivity contribution is 7.87. The molecule has 146 valence electrons. The van der Waals surface area contributed by atoms with Crippen molar-refractivity contribution in [1.29, 1.82) is 0 Å². The Morgan fingerprint density at radius 3 is 2.46 bits per heavy atom. The number of amides is 4. The largest absolute Gasteiger partial charge is 0.334 e. The van der Waals surface area contributed by atoms with Crippen LogP contribution in [0, 0.1) is 0 Å². The number of unbranched alkanes of at least 4 members (excludes halogenated alkanes) is 2. The Balaban J connectivity index is 1.68. The lowest BCUT2D eigenvalue weighted by atomic mass is 10.0. The predicted molar refractivity (Wildman–Crippen MR) is 85.9 cm³/mol. The van der Waals surface area contributed by atoms with E-state index < -0.39 is 39.6 Å². The van der Waals surface area contributed by atoms with Crippen LogP contribution in [0.4, 0.5) is 4.79 Å². The molecule has 0 bridgehead atoms. The zero-order valence-corrected chi connectivity index (χ0v) is 15.0. The molecule has 3 N–H and O–H groups in total. The fraction of sp³-hybridized carbons (Fsp3) is 0.714. The van der Waals surface area contributed by atoms with Crippen molar-refractivity contribution >= 4 is 33.9 Å². The van der Waals surface area contributed by atoms with E-state index in [0.29, 0.717) is 12.8 Å². The highest BCUT2D eigenvalue weighted by Gasteiger charge is 2.48. The molecular weight excluding hydrogens is 370 g/mol. The third kappa shape index (κ3) is 4.91. The number of hydrogen-bond acceptors (Lipinski definition) is 7. The standard InChI is InChI=1S/C14H21N3O8S/c1-8-9(16-14(21)15-8)5-3-2-4-6-12(19)25-17-11(18)7-10(13(17)20)26(22,23)24/h8-10H,2-7H2,1H3,(H2,15,16,21)(H,22,23,24)/t8-,9+,10?/m0/s1. The molecule has 2 rings (SSSR count). The molecule has 0 spiro atoms. The van der Waals surface area contributed by atoms with Crippen LogP contribution in [0.3, 0.4) is 0 Å². The summed E-state index contributed by atoms with van der Waals surface area (Å²) in [5, 5.41) is 3.69. The minimum atomic E-state index is -4.73. The maximum absolute atomic E-state index is 11.7. The highest BCUT2D eigenvalue weighted by Crippen LogP contribution is 2.20. The maximum atomic E-state index is 11.7. The first-order valence-electron chi connectivity index (χ1n) is 8.20. The van der Waals surface area contributed by atoms with Gasteiger partial charge in [0.05, 0.1) is 12.5 Å². The summed E-state index contributed by atoms with van der Waals surface area (Å²) >= 11 is 0. The fourth-order valence-electron chi connectivity index (χ4n) is 2.83. The van der Waals surface area contributed by atoms with Crippen LogP contribution in [0.5, 0.6) is 0 Å². The molecular formula is C14H21N3O8S. The molecule has 3 atom stereocenters. The zero-order valence-electron chi connectivity index (χ0n) is 14.1. The average Bonchev–Trinajstić information content (AvgIpc) is 2.99. The van der Waals surface area contributed by atoms with Crippen molar-refractivity contribution in [1.82, 2.24) is 15.7 Å². The molecule has 0 aromatic carbocycles. The second-order valence-electron chi connectivity index (χ2n) is 6.31. The van der Waals surface area contributed by atoms with Crippen molar-refractivity contribution in [3.63, 3.8) is 0 Å². The van der Waals surface area contributed by atoms with E-state index in [1.807, 2.05) is 6.92 Å². The van der Waals surface area contributed by atoms with Crippen molar-refractivity contribution in [3.8, 4) is 0 Å². The summed E-state index contributed by atoms with van der Waals surface area (Å²) < 4.78 is 30.9. The van der Waals surface area contributed by atoms with Gasteiger partial charge in [-0.1, -0.05) is 12.8 Å². The lowest BCUT2D eigenvalue weighted by Crippen LogP contribution is -2.36. The van der Waals surface area contributed by atoms with Gasteiger partial charge in [-0.2, -0.15) is 8.42 Å². The van der Waals surface area contributed by atoms with Gasteiger partial charge >= 0.3 is 12.0 Å². The minimum Gasteiger partial charge on any atom is -0.334 e. The fourth-order valence-corrected chi connectivity index (χ4v) is 3.54. The summed E-state index contributed by atoms with van der Waals surface area (Å²) in [6, 6.07) is -0.128. The maximum Gasteiger partial charge on any atom is 0.333 e. The lowest BCUT2D eigenvalue weighted by Gasteiger charge is -2.14. The molecule has 4 amide bonds. The molecule has 2 aliphatic rings. The van der Waals surface area contributed by atoms with E-state index in [2.05, 4.69) is 15.5 Å². The Labute approximate surface area is 150 Å². The minimum absolute atomic E-state index is 0.0339. The molecule has 0 aliphatic carbocycles. The Hall–Kier alpha value is -2.21. The van der Waals surface area contributed by atoms with Crippen LogP contribution in [0.1, 0.15) is 45.4 Å². The number of nitrogens with one attached hydrogen (secondary N) is 2. The lowest BCUT2D eigenvalue weighted by molar-refractivity contribution is -0.197. The first-order valence-corrected chi connectivity index (χ1v) is 9.71. The number of hydrogen-bond donors (Lipinski definition) is 3. The molecule has 11 nitrogen and oxygen atoms in total. The normalized spacial score (nSPS) is 26.0. The van der Waals surface area contributed by atoms with Gasteiger partial charge in [0.25, 0.3) is 21.9 Å². The summed E-state index contributed by atoms with van der Waals surface area (Å²) in [4.78, 5) is 50.8. The molecule has 2 fully saturated rings. The SMILES string of the molecule is C[C@@H]1NC(=O)N[C@@H]1CCCCCC(=O)ON1C(=O)CC(S(=O)(=O)O)C1=O. The van der Waals surface area contributed by atoms with E-state index in [1.165, 1.54) is 0 Å². The van der Waals surface area contributed by atoms with Crippen LogP contribution in [0.25, 0.3) is 0 Å². The Morgan fingerprint density at radius 1 is 1.23 bits per heavy atom. The second-order valence-corrected chi connectivity index (χ2v) is 7.91. The number of carbonyl (C=O) groups excluding carboxylic acids is 4. The van der Waals surface area contributed by atoms with E-state index in [4.69, 9.17) is 4.55 Å². The van der Waals surface area contributed by atoms with Crippen LogP contribution < -0.4 is 10.6 Å². The van der Waals surface area contributed by atoms with E-state index in [-0.39, 0.29) is 29.6 Å². The van der Waals surface area contributed by atoms with E-state index in [9.17, 15) is 27.6 Å². The van der Waals surface area contributed by atoms with Gasteiger partial charge in [-0.15, -0.1) is 5.06 Å². The van der Waals surface area contributed by atoms with Crippen LogP contribution in [-0.4, -0.2) is 59.2 Å². The topological polar surface area (TPSA) is 159 Å². The Kier molecular flexibility index (Phi) is 6.18. The number of urea groups is 1. The smallest absolute Gasteiger partial charge is 0.333 e. The van der Waals surface area contributed by atoms with Gasteiger partial charge in [0.1, 0.15) is 0 Å². The quantitative estimate of drug-likeness (QED) is 0.283. The molecule has 2 aliphatic heterocycles. The number of rotatable bonds is 8. The Bertz CT molecular complexity index is 707. The van der Waals surface area contributed by atoms with E-state index in [0.717, 1.165) is 12.8 Å². The number of carbonyl (C=O) groups is 4. The number of hydroxylamine groups is 2. The van der Waals surface area contributed by atoms with Gasteiger partial charge in [-0.05, 0) is 19.8 Å². The predicted octanol–water partition coefficient (Wildman–Crippen LogP) is -0.520. The molecule has 2 saturated heterocycles. The van der Waals surface area contributed by atoms with Crippen LogP contribution in [0.2, 0.25) is 0 Å². The van der Waals surface area contributed by atoms with Crippen molar-refractivity contribution in [2.45, 2.75) is 62.8 Å². The average molecular weight is 391 g/mol. The second kappa shape index (κ2) is 7.99. The first kappa shape index (κ1) is 20.1. The van der Waals surface area contributed by atoms with Crippen LogP contribution in [-0.2, 0) is 29.3 Å². The van der Waals surface area contributed by atoms with Gasteiger partial charge in [-0.3, -0.25) is 14.1 Å². The summed E-state index contributed by atoms with van der Waals surface area (Å²) in [5.74, 6) is -3.11. The van der Waals surface area contributed by atoms with Crippen LogP contribution in [0.15, 0.2) is 0 Å². The molecule has 2 heterocycles.